The number of benzene rings is 1. The second-order valence-corrected chi connectivity index (χ2v) is 7.56. The molecular formula is C20H25N3O4S. The Morgan fingerprint density at radius 3 is 2.61 bits per heavy atom. The molecule has 1 aliphatic rings. The lowest BCUT2D eigenvalue weighted by molar-refractivity contribution is -0.117. The van der Waals surface area contributed by atoms with Crippen LogP contribution in [0, 0.1) is 0 Å². The molecule has 2 N–H and O–H groups in total. The van der Waals surface area contributed by atoms with Crippen molar-refractivity contribution in [3.05, 3.63) is 40.6 Å². The van der Waals surface area contributed by atoms with Crippen LogP contribution in [-0.2, 0) is 4.79 Å². The highest BCUT2D eigenvalue weighted by Gasteiger charge is 2.23. The highest BCUT2D eigenvalue weighted by Crippen LogP contribution is 2.28. The van der Waals surface area contributed by atoms with Crippen molar-refractivity contribution in [2.45, 2.75) is 18.9 Å². The van der Waals surface area contributed by atoms with Gasteiger partial charge in [0.05, 0.1) is 31.3 Å². The number of likely N-dealkylation sites (tertiary alicyclic amines) is 1. The van der Waals surface area contributed by atoms with Gasteiger partial charge in [-0.1, -0.05) is 6.07 Å². The van der Waals surface area contributed by atoms with Gasteiger partial charge in [-0.05, 0) is 36.4 Å². The van der Waals surface area contributed by atoms with Crippen LogP contribution in [0.5, 0.6) is 11.5 Å². The number of hydrogen-bond acceptors (Lipinski definition) is 6. The van der Waals surface area contributed by atoms with Gasteiger partial charge in [-0.25, -0.2) is 0 Å². The van der Waals surface area contributed by atoms with E-state index in [2.05, 4.69) is 15.5 Å². The lowest BCUT2D eigenvalue weighted by atomic mass is 10.0. The van der Waals surface area contributed by atoms with Gasteiger partial charge in [0.15, 0.2) is 0 Å². The third-order valence-electron chi connectivity index (χ3n) is 4.72. The maximum absolute atomic E-state index is 12.4. The molecule has 1 saturated heterocycles. The Bertz CT molecular complexity index is 802. The summed E-state index contributed by atoms with van der Waals surface area (Å²) in [6.07, 6.45) is 1.65. The Morgan fingerprint density at radius 1 is 1.18 bits per heavy atom. The van der Waals surface area contributed by atoms with Crippen LogP contribution < -0.4 is 20.1 Å². The summed E-state index contributed by atoms with van der Waals surface area (Å²) in [7, 11) is 3.14. The van der Waals surface area contributed by atoms with Gasteiger partial charge in [-0.3, -0.25) is 14.5 Å². The summed E-state index contributed by atoms with van der Waals surface area (Å²) in [5.41, 5.74) is 0.588. The van der Waals surface area contributed by atoms with Crippen molar-refractivity contribution >= 4 is 28.8 Å². The topological polar surface area (TPSA) is 79.9 Å². The summed E-state index contributed by atoms with van der Waals surface area (Å²) in [6.45, 7) is 1.82. The molecule has 0 saturated carbocycles. The van der Waals surface area contributed by atoms with E-state index < -0.39 is 0 Å². The molecule has 0 unspecified atom stereocenters. The van der Waals surface area contributed by atoms with Crippen molar-refractivity contribution in [2.24, 2.45) is 0 Å². The normalized spacial score (nSPS) is 15.1. The average molecular weight is 404 g/mol. The summed E-state index contributed by atoms with van der Waals surface area (Å²) in [5.74, 6) is 1.12. The van der Waals surface area contributed by atoms with Crippen molar-refractivity contribution in [3.8, 4) is 11.5 Å². The number of carbonyl (C=O) groups is 2. The zero-order chi connectivity index (χ0) is 19.9. The van der Waals surface area contributed by atoms with E-state index in [0.717, 1.165) is 30.8 Å². The molecule has 1 aliphatic heterocycles. The van der Waals surface area contributed by atoms with Crippen LogP contribution in [0.25, 0.3) is 0 Å². The van der Waals surface area contributed by atoms with Gasteiger partial charge in [0, 0.05) is 25.2 Å². The lowest BCUT2D eigenvalue weighted by Gasteiger charge is -2.31. The summed E-state index contributed by atoms with van der Waals surface area (Å²) in [6, 6.07) is 9.13. The second-order valence-electron chi connectivity index (χ2n) is 6.62. The van der Waals surface area contributed by atoms with Crippen LogP contribution >= 0.6 is 11.3 Å². The lowest BCUT2D eigenvalue weighted by Crippen LogP contribution is -2.46. The highest BCUT2D eigenvalue weighted by molar-refractivity contribution is 7.12. The number of nitrogens with zero attached hydrogens (tertiary/aromatic N) is 1. The van der Waals surface area contributed by atoms with Crippen molar-refractivity contribution < 1.29 is 19.1 Å². The minimum Gasteiger partial charge on any atom is -0.497 e. The van der Waals surface area contributed by atoms with Crippen molar-refractivity contribution in [1.82, 2.24) is 10.2 Å². The monoisotopic (exact) mass is 403 g/mol. The number of rotatable bonds is 7. The fourth-order valence-corrected chi connectivity index (χ4v) is 3.83. The Kier molecular flexibility index (Phi) is 6.89. The van der Waals surface area contributed by atoms with Crippen LogP contribution in [0.1, 0.15) is 22.5 Å². The van der Waals surface area contributed by atoms with Crippen molar-refractivity contribution in [1.29, 1.82) is 0 Å². The van der Waals surface area contributed by atoms with E-state index in [4.69, 9.17) is 9.47 Å². The predicted octanol–water partition coefficient (Wildman–Crippen LogP) is 2.60. The minimum absolute atomic E-state index is 0.0173. The maximum atomic E-state index is 12.4. The molecule has 28 heavy (non-hydrogen) atoms. The number of anilines is 1. The largest absolute Gasteiger partial charge is 0.497 e. The van der Waals surface area contributed by atoms with Gasteiger partial charge in [-0.15, -0.1) is 11.3 Å². The molecule has 2 amide bonds. The molecule has 7 nitrogen and oxygen atoms in total. The van der Waals surface area contributed by atoms with Gasteiger partial charge in [0.25, 0.3) is 5.91 Å². The molecule has 0 aliphatic carbocycles. The van der Waals surface area contributed by atoms with Crippen LogP contribution in [0.3, 0.4) is 0 Å². The van der Waals surface area contributed by atoms with Crippen LogP contribution in [0.2, 0.25) is 0 Å². The second kappa shape index (κ2) is 9.57. The number of thiophene rings is 1. The first kappa shape index (κ1) is 20.2. The average Bonchev–Trinajstić information content (AvgIpc) is 3.24. The van der Waals surface area contributed by atoms with E-state index in [1.807, 2.05) is 17.5 Å². The first-order valence-electron chi connectivity index (χ1n) is 9.17. The number of piperidine rings is 1. The Morgan fingerprint density at radius 2 is 1.96 bits per heavy atom. The zero-order valence-electron chi connectivity index (χ0n) is 16.1. The zero-order valence-corrected chi connectivity index (χ0v) is 16.9. The van der Waals surface area contributed by atoms with Crippen molar-refractivity contribution in [2.75, 3.05) is 39.2 Å². The van der Waals surface area contributed by atoms with E-state index in [-0.39, 0.29) is 17.9 Å². The summed E-state index contributed by atoms with van der Waals surface area (Å²) in [5, 5.41) is 7.86. The highest BCUT2D eigenvalue weighted by atomic mass is 32.1. The number of hydrogen-bond donors (Lipinski definition) is 2. The molecule has 2 heterocycles. The molecule has 0 atom stereocenters. The molecule has 1 aromatic carbocycles. The minimum atomic E-state index is -0.104. The van der Waals surface area contributed by atoms with E-state index in [9.17, 15) is 9.59 Å². The first-order chi connectivity index (χ1) is 13.6. The number of methoxy groups -OCH3 is 2. The molecule has 1 aromatic heterocycles. The molecule has 1 fully saturated rings. The molecule has 8 heteroatoms. The smallest absolute Gasteiger partial charge is 0.261 e. The molecule has 3 rings (SSSR count). The number of carbonyl (C=O) groups excluding carboxylic acids is 2. The first-order valence-corrected chi connectivity index (χ1v) is 10.1. The number of nitrogens with one attached hydrogen (secondary N) is 2. The van der Waals surface area contributed by atoms with E-state index in [1.54, 1.807) is 32.4 Å². The summed E-state index contributed by atoms with van der Waals surface area (Å²) < 4.78 is 10.5. The maximum Gasteiger partial charge on any atom is 0.261 e. The standard InChI is InChI=1S/C20H25N3O4S/c1-26-15-5-6-17(27-2)16(12-15)22-19(24)13-23-9-7-14(8-10-23)21-20(25)18-4-3-11-28-18/h3-6,11-12,14H,7-10,13H2,1-2H3,(H,21,25)(H,22,24). The fraction of sp³-hybridized carbons (Fsp3) is 0.400. The molecular weight excluding hydrogens is 378 g/mol. The summed E-state index contributed by atoms with van der Waals surface area (Å²) >= 11 is 1.44. The third-order valence-corrected chi connectivity index (χ3v) is 5.58. The third kappa shape index (κ3) is 5.24. The Balaban J connectivity index is 1.47. The molecule has 0 spiro atoms. The summed E-state index contributed by atoms with van der Waals surface area (Å²) in [4.78, 5) is 27.4. The Labute approximate surface area is 168 Å². The van der Waals surface area contributed by atoms with Crippen LogP contribution in [-0.4, -0.2) is 56.6 Å². The molecule has 0 radical (unpaired) electrons. The van der Waals surface area contributed by atoms with Gasteiger partial charge >= 0.3 is 0 Å². The molecule has 150 valence electrons. The quantitative estimate of drug-likeness (QED) is 0.743. The number of amides is 2. The predicted molar refractivity (Wildman–Crippen MR) is 109 cm³/mol. The number of ether oxygens (including phenoxy) is 2. The molecule has 0 bridgehead atoms. The SMILES string of the molecule is COc1ccc(OC)c(NC(=O)CN2CCC(NC(=O)c3cccs3)CC2)c1. The van der Waals surface area contributed by atoms with Gasteiger partial charge in [0.1, 0.15) is 11.5 Å². The molecule has 2 aromatic rings. The van der Waals surface area contributed by atoms with E-state index >= 15 is 0 Å². The van der Waals surface area contributed by atoms with Gasteiger partial charge < -0.3 is 20.1 Å². The van der Waals surface area contributed by atoms with E-state index in [1.165, 1.54) is 11.3 Å². The Hall–Kier alpha value is -2.58. The van der Waals surface area contributed by atoms with Crippen LogP contribution in [0.4, 0.5) is 5.69 Å². The van der Waals surface area contributed by atoms with Crippen molar-refractivity contribution in [3.63, 3.8) is 0 Å². The van der Waals surface area contributed by atoms with Gasteiger partial charge in [0.2, 0.25) is 5.91 Å². The van der Waals surface area contributed by atoms with Crippen LogP contribution in [0.15, 0.2) is 35.7 Å². The fourth-order valence-electron chi connectivity index (χ4n) is 3.20. The van der Waals surface area contributed by atoms with Gasteiger partial charge in [-0.2, -0.15) is 0 Å². The van der Waals surface area contributed by atoms with E-state index in [0.29, 0.717) is 23.7 Å².